The number of hydrogen-bond acceptors (Lipinski definition) is 6. The van der Waals surface area contributed by atoms with Gasteiger partial charge in [-0.05, 0) is 62.3 Å². The number of hydroxylamine groups is 1. The minimum atomic E-state index is -1.59. The summed E-state index contributed by atoms with van der Waals surface area (Å²) in [6.45, 7) is 6.14. The van der Waals surface area contributed by atoms with Crippen LogP contribution in [0.1, 0.15) is 37.7 Å². The predicted octanol–water partition coefficient (Wildman–Crippen LogP) is 4.34. The van der Waals surface area contributed by atoms with Crippen LogP contribution in [0.4, 0.5) is 10.1 Å². The summed E-state index contributed by atoms with van der Waals surface area (Å²) in [6, 6.07) is 5.21. The molecule has 1 aliphatic rings. The smallest absolute Gasteiger partial charge is 0.276 e. The third kappa shape index (κ3) is 9.60. The summed E-state index contributed by atoms with van der Waals surface area (Å²) in [5, 5.41) is 20.6. The highest BCUT2D eigenvalue weighted by atomic mass is 35.5. The number of aliphatic hydroxyl groups excluding tert-OH is 1. The van der Waals surface area contributed by atoms with Crippen LogP contribution in [-0.4, -0.2) is 61.5 Å². The van der Waals surface area contributed by atoms with Crippen LogP contribution in [-0.2, 0) is 14.4 Å². The van der Waals surface area contributed by atoms with Crippen LogP contribution in [0.15, 0.2) is 42.1 Å². The number of aryl methyl sites for hydroxylation is 1. The number of anilines is 1. The Morgan fingerprint density at radius 1 is 1.46 bits per heavy atom. The summed E-state index contributed by atoms with van der Waals surface area (Å²) in [4.78, 5) is 19.4. The van der Waals surface area contributed by atoms with Gasteiger partial charge in [0, 0.05) is 36.5 Å². The number of alkyl halides is 1. The van der Waals surface area contributed by atoms with E-state index in [2.05, 4.69) is 17.4 Å². The van der Waals surface area contributed by atoms with Crippen LogP contribution >= 0.6 is 11.6 Å². The number of amides is 1. The monoisotopic (exact) mass is 510 g/mol. The standard InChI is InChI=1S/C25H36ClFN4O4/c1-4-21(25(33)30-35-15-18-7-8-18)23(29-22-10-9-19(26)12-17(22)2)13-24(27)31(16-28)11-5-6-20(14-32)34-3/h4,9-10,12,16,18,20,24,28-29,32H,1,5-8,11,13-15H2,2-3H3,(H,30,33)/b23-21-,28-16?. The van der Waals surface area contributed by atoms with Crippen molar-refractivity contribution in [2.75, 3.05) is 32.2 Å². The van der Waals surface area contributed by atoms with Crippen molar-refractivity contribution in [1.82, 2.24) is 10.4 Å². The van der Waals surface area contributed by atoms with Gasteiger partial charge in [0.25, 0.3) is 5.91 Å². The van der Waals surface area contributed by atoms with Crippen LogP contribution in [0, 0.1) is 18.3 Å². The van der Waals surface area contributed by atoms with Gasteiger partial charge in [0.1, 0.15) is 0 Å². The Kier molecular flexibility index (Phi) is 12.2. The van der Waals surface area contributed by atoms with Crippen molar-refractivity contribution in [3.05, 3.63) is 52.7 Å². The van der Waals surface area contributed by atoms with Crippen molar-refractivity contribution in [1.29, 1.82) is 5.41 Å². The zero-order valence-corrected chi connectivity index (χ0v) is 21.1. The van der Waals surface area contributed by atoms with E-state index in [0.29, 0.717) is 41.8 Å². The molecule has 10 heteroatoms. The molecule has 0 saturated heterocycles. The quantitative estimate of drug-likeness (QED) is 0.0620. The number of ether oxygens (including phenoxy) is 1. The van der Waals surface area contributed by atoms with Gasteiger partial charge in [-0.1, -0.05) is 24.3 Å². The van der Waals surface area contributed by atoms with Crippen molar-refractivity contribution >= 4 is 29.5 Å². The molecule has 4 N–H and O–H groups in total. The van der Waals surface area contributed by atoms with E-state index in [4.69, 9.17) is 26.6 Å². The van der Waals surface area contributed by atoms with E-state index in [-0.39, 0.29) is 31.2 Å². The van der Waals surface area contributed by atoms with Gasteiger partial charge in [-0.2, -0.15) is 0 Å². The van der Waals surface area contributed by atoms with E-state index >= 15 is 4.39 Å². The molecule has 1 fully saturated rings. The average Bonchev–Trinajstić information content (AvgIpc) is 3.66. The molecule has 194 valence electrons. The van der Waals surface area contributed by atoms with Gasteiger partial charge in [0.15, 0.2) is 6.30 Å². The molecular formula is C25H36ClFN4O4. The molecule has 1 aromatic carbocycles. The maximum atomic E-state index is 15.4. The fourth-order valence-electron chi connectivity index (χ4n) is 3.43. The van der Waals surface area contributed by atoms with Crippen LogP contribution in [0.3, 0.4) is 0 Å². The first-order valence-electron chi connectivity index (χ1n) is 11.7. The predicted molar refractivity (Wildman–Crippen MR) is 136 cm³/mol. The van der Waals surface area contributed by atoms with E-state index in [1.54, 1.807) is 18.2 Å². The molecule has 2 atom stereocenters. The van der Waals surface area contributed by atoms with E-state index in [0.717, 1.165) is 24.7 Å². The molecule has 0 aliphatic heterocycles. The lowest BCUT2D eigenvalue weighted by Gasteiger charge is -2.26. The number of nitrogens with zero attached hydrogens (tertiary/aromatic N) is 1. The second kappa shape index (κ2) is 14.8. The van der Waals surface area contributed by atoms with Crippen molar-refractivity contribution in [2.45, 2.75) is 51.4 Å². The van der Waals surface area contributed by atoms with E-state index in [1.165, 1.54) is 18.1 Å². The van der Waals surface area contributed by atoms with Gasteiger partial charge in [-0.25, -0.2) is 9.87 Å². The second-order valence-corrected chi connectivity index (χ2v) is 8.99. The van der Waals surface area contributed by atoms with Crippen LogP contribution in [0.25, 0.3) is 0 Å². The van der Waals surface area contributed by atoms with E-state index < -0.39 is 12.2 Å². The highest BCUT2D eigenvalue weighted by molar-refractivity contribution is 6.30. The highest BCUT2D eigenvalue weighted by Crippen LogP contribution is 2.29. The summed E-state index contributed by atoms with van der Waals surface area (Å²) in [5.74, 6) is -0.0741. The maximum absolute atomic E-state index is 15.4. The molecular weight excluding hydrogens is 475 g/mol. The highest BCUT2D eigenvalue weighted by Gasteiger charge is 2.24. The molecule has 0 radical (unpaired) electrons. The van der Waals surface area contributed by atoms with Crippen molar-refractivity contribution in [2.24, 2.45) is 5.92 Å². The SMILES string of the molecule is C=C/C(C(=O)NOCC1CC1)=C(\CC(F)N(C=N)CCCC(CO)OC)Nc1ccc(Cl)cc1C. The number of carbonyl (C=O) groups is 1. The maximum Gasteiger partial charge on any atom is 0.276 e. The topological polar surface area (TPSA) is 107 Å². The van der Waals surface area contributed by atoms with E-state index in [9.17, 15) is 9.90 Å². The number of rotatable bonds is 17. The zero-order chi connectivity index (χ0) is 25.8. The molecule has 2 unspecified atom stereocenters. The van der Waals surface area contributed by atoms with Gasteiger partial charge in [0.05, 0.1) is 31.2 Å². The van der Waals surface area contributed by atoms with Gasteiger partial charge in [0.2, 0.25) is 0 Å². The molecule has 8 nitrogen and oxygen atoms in total. The minimum Gasteiger partial charge on any atom is -0.394 e. The third-order valence-corrected chi connectivity index (χ3v) is 6.04. The van der Waals surface area contributed by atoms with Crippen LogP contribution in [0.5, 0.6) is 0 Å². The number of halogens is 2. The molecule has 2 rings (SSSR count). The van der Waals surface area contributed by atoms with Crippen molar-refractivity contribution in [3.8, 4) is 0 Å². The number of hydrogen-bond donors (Lipinski definition) is 4. The first kappa shape index (κ1) is 28.8. The van der Waals surface area contributed by atoms with Crippen molar-refractivity contribution in [3.63, 3.8) is 0 Å². The number of aliphatic hydroxyl groups is 1. The fraction of sp³-hybridized carbons (Fsp3) is 0.520. The fourth-order valence-corrected chi connectivity index (χ4v) is 3.66. The Morgan fingerprint density at radius 3 is 2.77 bits per heavy atom. The van der Waals surface area contributed by atoms with Crippen LogP contribution < -0.4 is 10.8 Å². The van der Waals surface area contributed by atoms with E-state index in [1.807, 2.05) is 6.92 Å². The third-order valence-electron chi connectivity index (χ3n) is 5.81. The summed E-state index contributed by atoms with van der Waals surface area (Å²) in [7, 11) is 1.50. The van der Waals surface area contributed by atoms with Crippen LogP contribution in [0.2, 0.25) is 5.02 Å². The van der Waals surface area contributed by atoms with Gasteiger partial charge >= 0.3 is 0 Å². The Labute approximate surface area is 211 Å². The molecule has 0 aromatic heterocycles. The molecule has 1 saturated carbocycles. The average molecular weight is 511 g/mol. The Bertz CT molecular complexity index is 890. The Hall–Kier alpha value is -2.46. The molecule has 0 heterocycles. The number of methoxy groups -OCH3 is 1. The van der Waals surface area contributed by atoms with Gasteiger partial charge in [-0.15, -0.1) is 0 Å². The normalized spacial score (nSPS) is 15.6. The lowest BCUT2D eigenvalue weighted by molar-refractivity contribution is -0.129. The summed E-state index contributed by atoms with van der Waals surface area (Å²) >= 11 is 6.07. The first-order chi connectivity index (χ1) is 16.8. The molecule has 1 aliphatic carbocycles. The molecule has 1 amide bonds. The Balaban J connectivity index is 2.19. The number of nitrogens with one attached hydrogen (secondary N) is 3. The van der Waals surface area contributed by atoms with Gasteiger partial charge < -0.3 is 20.1 Å². The summed E-state index contributed by atoms with van der Waals surface area (Å²) in [5.41, 5.74) is 4.34. The van der Waals surface area contributed by atoms with Gasteiger partial charge in [-0.3, -0.25) is 15.0 Å². The number of benzene rings is 1. The molecule has 0 bridgehead atoms. The summed E-state index contributed by atoms with van der Waals surface area (Å²) in [6.07, 6.45) is 3.35. The lowest BCUT2D eigenvalue weighted by atomic mass is 10.1. The zero-order valence-electron chi connectivity index (χ0n) is 20.4. The van der Waals surface area contributed by atoms with Crippen molar-refractivity contribution < 1.29 is 23.9 Å². The first-order valence-corrected chi connectivity index (χ1v) is 12.1. The molecule has 35 heavy (non-hydrogen) atoms. The summed E-state index contributed by atoms with van der Waals surface area (Å²) < 4.78 is 20.5. The lowest BCUT2D eigenvalue weighted by Crippen LogP contribution is -2.34. The minimum absolute atomic E-state index is 0.127. The molecule has 1 aromatic rings. The number of carbonyl (C=O) groups excluding carboxylic acids is 1. The molecule has 0 spiro atoms. The second-order valence-electron chi connectivity index (χ2n) is 8.55. The largest absolute Gasteiger partial charge is 0.394 e. The Morgan fingerprint density at radius 2 is 2.20 bits per heavy atom.